The number of aromatic nitrogens is 1. The van der Waals surface area contributed by atoms with Gasteiger partial charge in [-0.05, 0) is 49.2 Å². The number of nitrogens with one attached hydrogen (secondary N) is 1. The van der Waals surface area contributed by atoms with E-state index in [0.29, 0.717) is 16.9 Å². The van der Waals surface area contributed by atoms with Crippen LogP contribution >= 0.6 is 0 Å². The molecule has 0 bridgehead atoms. The van der Waals surface area contributed by atoms with E-state index in [4.69, 9.17) is 5.14 Å². The predicted octanol–water partition coefficient (Wildman–Crippen LogP) is 1.60. The molecule has 2 rings (SSSR count). The first-order valence-corrected chi connectivity index (χ1v) is 7.70. The molecule has 110 valence electrons. The van der Waals surface area contributed by atoms with Gasteiger partial charge in [-0.2, -0.15) is 0 Å². The van der Waals surface area contributed by atoms with E-state index in [9.17, 15) is 13.2 Å². The number of hydrogen-bond donors (Lipinski definition) is 2. The van der Waals surface area contributed by atoms with Crippen LogP contribution in [0.5, 0.6) is 0 Å². The summed E-state index contributed by atoms with van der Waals surface area (Å²) in [5, 5.41) is 7.78. The highest BCUT2D eigenvalue weighted by Gasteiger charge is 2.14. The van der Waals surface area contributed by atoms with Crippen LogP contribution in [0.15, 0.2) is 41.4 Å². The van der Waals surface area contributed by atoms with Crippen molar-refractivity contribution in [1.82, 2.24) is 4.98 Å². The lowest BCUT2D eigenvalue weighted by Gasteiger charge is -2.09. The predicted molar refractivity (Wildman–Crippen MR) is 79.5 cm³/mol. The van der Waals surface area contributed by atoms with Crippen LogP contribution in [-0.4, -0.2) is 19.3 Å². The third-order valence-electron chi connectivity index (χ3n) is 2.96. The fourth-order valence-electron chi connectivity index (χ4n) is 1.96. The second-order valence-electron chi connectivity index (χ2n) is 4.65. The molecule has 0 aliphatic carbocycles. The minimum absolute atomic E-state index is 0.0366. The van der Waals surface area contributed by atoms with Crippen molar-refractivity contribution >= 4 is 21.6 Å². The minimum Gasteiger partial charge on any atom is -0.321 e. The Bertz CT molecular complexity index is 801. The van der Waals surface area contributed by atoms with E-state index < -0.39 is 10.0 Å². The summed E-state index contributed by atoms with van der Waals surface area (Å²) in [6.07, 6.45) is 1.54. The first-order valence-electron chi connectivity index (χ1n) is 6.15. The summed E-state index contributed by atoms with van der Waals surface area (Å²) in [4.78, 5) is 16.2. The molecular formula is C14H15N3O3S. The molecule has 3 N–H and O–H groups in total. The number of pyridine rings is 1. The Morgan fingerprint density at radius 1 is 1.19 bits per heavy atom. The monoisotopic (exact) mass is 305 g/mol. The van der Waals surface area contributed by atoms with Crippen LogP contribution in [0.25, 0.3) is 0 Å². The Hall–Kier alpha value is -2.25. The largest absolute Gasteiger partial charge is 0.321 e. The van der Waals surface area contributed by atoms with E-state index in [-0.39, 0.29) is 10.8 Å². The molecule has 0 spiro atoms. The van der Waals surface area contributed by atoms with Crippen LogP contribution < -0.4 is 10.5 Å². The molecule has 6 nitrogen and oxygen atoms in total. The molecule has 0 aliphatic rings. The van der Waals surface area contributed by atoms with Gasteiger partial charge in [0.2, 0.25) is 10.0 Å². The molecule has 0 saturated heterocycles. The Balaban J connectivity index is 2.27. The second kappa shape index (κ2) is 5.63. The Kier molecular flexibility index (Phi) is 4.06. The van der Waals surface area contributed by atoms with Gasteiger partial charge in [-0.25, -0.2) is 13.6 Å². The first kappa shape index (κ1) is 15.1. The number of carbonyl (C=O) groups excluding carboxylic acids is 1. The number of hydrogen-bond acceptors (Lipinski definition) is 4. The second-order valence-corrected chi connectivity index (χ2v) is 6.18. The van der Waals surface area contributed by atoms with Gasteiger partial charge in [-0.3, -0.25) is 9.78 Å². The van der Waals surface area contributed by atoms with E-state index in [1.165, 1.54) is 18.3 Å². The van der Waals surface area contributed by atoms with Crippen molar-refractivity contribution in [3.05, 3.63) is 53.3 Å². The van der Waals surface area contributed by atoms with Crippen molar-refractivity contribution in [3.63, 3.8) is 0 Å². The lowest BCUT2D eigenvalue weighted by atomic mass is 10.2. The number of amides is 1. The van der Waals surface area contributed by atoms with Crippen LogP contribution in [0.4, 0.5) is 5.69 Å². The number of aryl methyl sites for hydroxylation is 2. The fourth-order valence-corrected chi connectivity index (χ4v) is 2.73. The topological polar surface area (TPSA) is 102 Å². The van der Waals surface area contributed by atoms with E-state index >= 15 is 0 Å². The summed E-state index contributed by atoms with van der Waals surface area (Å²) < 4.78 is 22.7. The SMILES string of the molecule is Cc1cc(NC(=O)c2ncccc2C)ccc1S(N)(=O)=O. The molecule has 0 unspecified atom stereocenters. The minimum atomic E-state index is -3.76. The van der Waals surface area contributed by atoms with Crippen molar-refractivity contribution in [2.24, 2.45) is 5.14 Å². The van der Waals surface area contributed by atoms with Gasteiger partial charge in [0.25, 0.3) is 5.91 Å². The van der Waals surface area contributed by atoms with Gasteiger partial charge in [0.05, 0.1) is 4.90 Å². The van der Waals surface area contributed by atoms with Gasteiger partial charge in [-0.15, -0.1) is 0 Å². The Labute approximate surface area is 123 Å². The van der Waals surface area contributed by atoms with Crippen LogP contribution in [0.3, 0.4) is 0 Å². The number of primary sulfonamides is 1. The van der Waals surface area contributed by atoms with Crippen LogP contribution in [0, 0.1) is 13.8 Å². The smallest absolute Gasteiger partial charge is 0.274 e. The third-order valence-corrected chi connectivity index (χ3v) is 4.03. The molecule has 1 amide bonds. The summed E-state index contributed by atoms with van der Waals surface area (Å²) >= 11 is 0. The number of rotatable bonds is 3. The molecule has 1 aromatic carbocycles. The van der Waals surface area contributed by atoms with Crippen molar-refractivity contribution in [3.8, 4) is 0 Å². The number of anilines is 1. The number of nitrogens with two attached hydrogens (primary N) is 1. The first-order chi connectivity index (χ1) is 9.79. The molecule has 0 atom stereocenters. The highest BCUT2D eigenvalue weighted by atomic mass is 32.2. The van der Waals surface area contributed by atoms with Gasteiger partial charge in [-0.1, -0.05) is 6.07 Å². The molecule has 0 fully saturated rings. The van der Waals surface area contributed by atoms with Crippen molar-refractivity contribution in [2.75, 3.05) is 5.32 Å². The zero-order valence-corrected chi connectivity index (χ0v) is 12.4. The Morgan fingerprint density at radius 3 is 2.48 bits per heavy atom. The zero-order chi connectivity index (χ0) is 15.6. The molecule has 21 heavy (non-hydrogen) atoms. The highest BCUT2D eigenvalue weighted by molar-refractivity contribution is 7.89. The summed E-state index contributed by atoms with van der Waals surface area (Å²) in [7, 11) is -3.76. The lowest BCUT2D eigenvalue weighted by molar-refractivity contribution is 0.102. The van der Waals surface area contributed by atoms with Crippen molar-refractivity contribution in [1.29, 1.82) is 0 Å². The standard InChI is InChI=1S/C14H15N3O3S/c1-9-4-3-7-16-13(9)14(18)17-11-5-6-12(10(2)8-11)21(15,19)20/h3-8H,1-2H3,(H,17,18)(H2,15,19,20). The lowest BCUT2D eigenvalue weighted by Crippen LogP contribution is -2.16. The molecule has 2 aromatic rings. The number of benzene rings is 1. The summed E-state index contributed by atoms with van der Waals surface area (Å²) in [6, 6.07) is 7.94. The normalized spacial score (nSPS) is 11.2. The van der Waals surface area contributed by atoms with Crippen molar-refractivity contribution < 1.29 is 13.2 Å². The molecular weight excluding hydrogens is 290 g/mol. The zero-order valence-electron chi connectivity index (χ0n) is 11.6. The highest BCUT2D eigenvalue weighted by Crippen LogP contribution is 2.19. The van der Waals surface area contributed by atoms with Crippen molar-refractivity contribution in [2.45, 2.75) is 18.7 Å². The number of nitrogens with zero attached hydrogens (tertiary/aromatic N) is 1. The maximum atomic E-state index is 12.1. The van der Waals surface area contributed by atoms with Gasteiger partial charge >= 0.3 is 0 Å². The summed E-state index contributed by atoms with van der Waals surface area (Å²) in [6.45, 7) is 3.40. The molecule has 7 heteroatoms. The molecule has 0 radical (unpaired) electrons. The average Bonchev–Trinajstić information content (AvgIpc) is 2.37. The maximum Gasteiger partial charge on any atom is 0.274 e. The van der Waals surface area contributed by atoms with E-state index in [1.807, 2.05) is 0 Å². The summed E-state index contributed by atoms with van der Waals surface area (Å²) in [5.41, 5.74) is 2.03. The van der Waals surface area contributed by atoms with Gasteiger partial charge in [0.15, 0.2) is 0 Å². The number of sulfonamides is 1. The average molecular weight is 305 g/mol. The van der Waals surface area contributed by atoms with E-state index in [1.54, 1.807) is 32.0 Å². The van der Waals surface area contributed by atoms with Crippen LogP contribution in [0.1, 0.15) is 21.6 Å². The van der Waals surface area contributed by atoms with Gasteiger partial charge in [0, 0.05) is 11.9 Å². The quantitative estimate of drug-likeness (QED) is 0.899. The summed E-state index contributed by atoms with van der Waals surface area (Å²) in [5.74, 6) is -0.351. The maximum absolute atomic E-state index is 12.1. The van der Waals surface area contributed by atoms with Crippen LogP contribution in [0.2, 0.25) is 0 Å². The third kappa shape index (κ3) is 3.45. The number of carbonyl (C=O) groups is 1. The molecule has 0 saturated carbocycles. The molecule has 0 aliphatic heterocycles. The molecule has 1 aromatic heterocycles. The van der Waals surface area contributed by atoms with E-state index in [0.717, 1.165) is 5.56 Å². The van der Waals surface area contributed by atoms with Gasteiger partial charge < -0.3 is 5.32 Å². The Morgan fingerprint density at radius 2 is 1.90 bits per heavy atom. The fraction of sp³-hybridized carbons (Fsp3) is 0.143. The van der Waals surface area contributed by atoms with E-state index in [2.05, 4.69) is 10.3 Å². The van der Waals surface area contributed by atoms with Gasteiger partial charge in [0.1, 0.15) is 5.69 Å². The van der Waals surface area contributed by atoms with Crippen LogP contribution in [-0.2, 0) is 10.0 Å². The molecule has 1 heterocycles.